The number of nitrogens with one attached hydrogen (secondary N) is 1. The number of carbonyl (C=O) groups excluding carboxylic acids is 1. The van der Waals surface area contributed by atoms with Crippen molar-refractivity contribution in [2.75, 3.05) is 0 Å². The Hall–Kier alpha value is -1.95. The van der Waals surface area contributed by atoms with Crippen molar-refractivity contribution in [3.05, 3.63) is 39.4 Å². The maximum atomic E-state index is 11.5. The number of benzene rings is 1. The molecule has 0 radical (unpaired) electrons. The molecule has 1 aromatic carbocycles. The zero-order chi connectivity index (χ0) is 13.7. The van der Waals surface area contributed by atoms with Gasteiger partial charge in [-0.15, -0.1) is 0 Å². The number of carbonyl (C=O) groups is 1. The third kappa shape index (κ3) is 3.27. The van der Waals surface area contributed by atoms with Gasteiger partial charge in [0.1, 0.15) is 0 Å². The molecule has 6 heteroatoms. The van der Waals surface area contributed by atoms with E-state index in [4.69, 9.17) is 5.73 Å². The number of nitro groups is 1. The van der Waals surface area contributed by atoms with Crippen molar-refractivity contribution >= 4 is 11.6 Å². The predicted octanol–water partition coefficient (Wildman–Crippen LogP) is 1.26. The van der Waals surface area contributed by atoms with Gasteiger partial charge >= 0.3 is 0 Å². The summed E-state index contributed by atoms with van der Waals surface area (Å²) in [5.41, 5.74) is 6.92. The highest BCUT2D eigenvalue weighted by Crippen LogP contribution is 2.20. The van der Waals surface area contributed by atoms with E-state index in [0.717, 1.165) is 5.56 Å². The van der Waals surface area contributed by atoms with Crippen LogP contribution in [0.3, 0.4) is 0 Å². The lowest BCUT2D eigenvalue weighted by atomic mass is 10.1. The van der Waals surface area contributed by atoms with Gasteiger partial charge in [-0.25, -0.2) is 0 Å². The molecule has 0 aromatic heterocycles. The fourth-order valence-electron chi connectivity index (χ4n) is 1.56. The number of nitrogens with zero attached hydrogens (tertiary/aromatic N) is 1. The molecule has 1 atom stereocenters. The van der Waals surface area contributed by atoms with Crippen LogP contribution < -0.4 is 11.1 Å². The van der Waals surface area contributed by atoms with E-state index < -0.39 is 11.0 Å². The van der Waals surface area contributed by atoms with E-state index in [2.05, 4.69) is 5.32 Å². The number of hydrogen-bond acceptors (Lipinski definition) is 4. The van der Waals surface area contributed by atoms with Crippen LogP contribution in [0, 0.1) is 17.0 Å². The van der Waals surface area contributed by atoms with E-state index >= 15 is 0 Å². The Kier molecular flexibility index (Phi) is 4.79. The first-order chi connectivity index (χ1) is 8.47. The van der Waals surface area contributed by atoms with E-state index in [0.29, 0.717) is 12.0 Å². The van der Waals surface area contributed by atoms with Crippen LogP contribution in [-0.2, 0) is 11.3 Å². The maximum absolute atomic E-state index is 11.5. The van der Waals surface area contributed by atoms with Crippen LogP contribution >= 0.6 is 0 Å². The lowest BCUT2D eigenvalue weighted by molar-refractivity contribution is -0.385. The summed E-state index contributed by atoms with van der Waals surface area (Å²) in [6.45, 7) is 3.74. The van der Waals surface area contributed by atoms with Crippen LogP contribution in [0.1, 0.15) is 24.5 Å². The summed E-state index contributed by atoms with van der Waals surface area (Å²) >= 11 is 0. The first-order valence-electron chi connectivity index (χ1n) is 5.73. The van der Waals surface area contributed by atoms with Crippen LogP contribution in [-0.4, -0.2) is 16.9 Å². The average molecular weight is 251 g/mol. The van der Waals surface area contributed by atoms with Crippen LogP contribution in [0.2, 0.25) is 0 Å². The third-order valence-electron chi connectivity index (χ3n) is 2.84. The molecule has 0 saturated carbocycles. The Bertz CT molecular complexity index is 460. The minimum Gasteiger partial charge on any atom is -0.351 e. The van der Waals surface area contributed by atoms with Crippen molar-refractivity contribution < 1.29 is 9.72 Å². The minimum absolute atomic E-state index is 0.0570. The maximum Gasteiger partial charge on any atom is 0.272 e. The highest BCUT2D eigenvalue weighted by molar-refractivity contribution is 5.81. The molecule has 0 fully saturated rings. The number of nitro benzene ring substituents is 1. The van der Waals surface area contributed by atoms with Crippen molar-refractivity contribution in [2.45, 2.75) is 32.9 Å². The summed E-state index contributed by atoms with van der Waals surface area (Å²) in [6, 6.07) is 4.26. The van der Waals surface area contributed by atoms with Crippen LogP contribution in [0.5, 0.6) is 0 Å². The molecule has 0 unspecified atom stereocenters. The summed E-state index contributed by atoms with van der Waals surface area (Å²) < 4.78 is 0. The van der Waals surface area contributed by atoms with E-state index in [1.807, 2.05) is 6.92 Å². The van der Waals surface area contributed by atoms with E-state index in [9.17, 15) is 14.9 Å². The summed E-state index contributed by atoms with van der Waals surface area (Å²) in [6.07, 6.45) is 0.555. The molecule has 1 amide bonds. The van der Waals surface area contributed by atoms with Crippen LogP contribution in [0.25, 0.3) is 0 Å². The van der Waals surface area contributed by atoms with Gasteiger partial charge in [-0.3, -0.25) is 14.9 Å². The molecule has 0 saturated heterocycles. The van der Waals surface area contributed by atoms with E-state index in [1.165, 1.54) is 6.07 Å². The zero-order valence-corrected chi connectivity index (χ0v) is 10.5. The van der Waals surface area contributed by atoms with E-state index in [1.54, 1.807) is 19.1 Å². The van der Waals surface area contributed by atoms with Gasteiger partial charge < -0.3 is 11.1 Å². The average Bonchev–Trinajstić information content (AvgIpc) is 2.35. The fraction of sp³-hybridized carbons (Fsp3) is 0.417. The number of hydrogen-bond donors (Lipinski definition) is 2. The number of amides is 1. The summed E-state index contributed by atoms with van der Waals surface area (Å²) in [7, 11) is 0. The Morgan fingerprint density at radius 1 is 1.56 bits per heavy atom. The van der Waals surface area contributed by atoms with Crippen LogP contribution in [0.4, 0.5) is 5.69 Å². The molecule has 18 heavy (non-hydrogen) atoms. The van der Waals surface area contributed by atoms with E-state index in [-0.39, 0.29) is 18.1 Å². The molecule has 1 rings (SSSR count). The number of rotatable bonds is 5. The van der Waals surface area contributed by atoms with Gasteiger partial charge in [0.25, 0.3) is 5.69 Å². The molecule has 0 spiro atoms. The fourth-order valence-corrected chi connectivity index (χ4v) is 1.56. The Morgan fingerprint density at radius 3 is 2.78 bits per heavy atom. The van der Waals surface area contributed by atoms with Crippen LogP contribution in [0.15, 0.2) is 18.2 Å². The highest BCUT2D eigenvalue weighted by atomic mass is 16.6. The molecule has 0 bridgehead atoms. The molecular formula is C12H17N3O3. The van der Waals surface area contributed by atoms with Gasteiger partial charge in [-0.2, -0.15) is 0 Å². The van der Waals surface area contributed by atoms with Gasteiger partial charge in [-0.05, 0) is 18.9 Å². The first kappa shape index (κ1) is 14.1. The molecule has 0 heterocycles. The molecule has 98 valence electrons. The van der Waals surface area contributed by atoms with Gasteiger partial charge in [0.15, 0.2) is 0 Å². The molecule has 3 N–H and O–H groups in total. The largest absolute Gasteiger partial charge is 0.351 e. The minimum atomic E-state index is -0.538. The predicted molar refractivity (Wildman–Crippen MR) is 67.9 cm³/mol. The zero-order valence-electron chi connectivity index (χ0n) is 10.5. The standard InChI is InChI=1S/C12H17N3O3/c1-3-10(13)12(16)14-7-9-5-4-6-11(8(9)2)15(17)18/h4-6,10H,3,7,13H2,1-2H3,(H,14,16)/t10-/m0/s1. The van der Waals surface area contributed by atoms with Crippen molar-refractivity contribution in [2.24, 2.45) is 5.73 Å². The smallest absolute Gasteiger partial charge is 0.272 e. The molecule has 6 nitrogen and oxygen atoms in total. The van der Waals surface area contributed by atoms with Gasteiger partial charge in [0.05, 0.1) is 11.0 Å². The van der Waals surface area contributed by atoms with Gasteiger partial charge in [0, 0.05) is 18.2 Å². The summed E-state index contributed by atoms with van der Waals surface area (Å²) in [5.74, 6) is -0.247. The normalized spacial score (nSPS) is 11.9. The second-order valence-corrected chi connectivity index (χ2v) is 4.05. The van der Waals surface area contributed by atoms with Crippen molar-refractivity contribution in [3.63, 3.8) is 0 Å². The van der Waals surface area contributed by atoms with Gasteiger partial charge in [-0.1, -0.05) is 19.1 Å². The lowest BCUT2D eigenvalue weighted by Crippen LogP contribution is -2.39. The topological polar surface area (TPSA) is 98.3 Å². The SMILES string of the molecule is CC[C@H](N)C(=O)NCc1cccc([N+](=O)[O-])c1C. The van der Waals surface area contributed by atoms with Crippen molar-refractivity contribution in [1.29, 1.82) is 0 Å². The molecule has 0 aliphatic rings. The van der Waals surface area contributed by atoms with Crippen molar-refractivity contribution in [3.8, 4) is 0 Å². The third-order valence-corrected chi connectivity index (χ3v) is 2.84. The van der Waals surface area contributed by atoms with Gasteiger partial charge in [0.2, 0.25) is 5.91 Å². The highest BCUT2D eigenvalue weighted by Gasteiger charge is 2.15. The second-order valence-electron chi connectivity index (χ2n) is 4.05. The molecule has 1 aromatic rings. The number of nitrogens with two attached hydrogens (primary N) is 1. The lowest BCUT2D eigenvalue weighted by Gasteiger charge is -2.11. The van der Waals surface area contributed by atoms with Crippen molar-refractivity contribution in [1.82, 2.24) is 5.32 Å². The summed E-state index contributed by atoms with van der Waals surface area (Å²) in [5, 5.41) is 13.4. The Morgan fingerprint density at radius 2 is 2.22 bits per heavy atom. The molecular weight excluding hydrogens is 234 g/mol. The monoisotopic (exact) mass is 251 g/mol. The Balaban J connectivity index is 2.77. The Labute approximate surface area is 105 Å². The second kappa shape index (κ2) is 6.11. The molecule has 0 aliphatic heterocycles. The molecule has 0 aliphatic carbocycles. The first-order valence-corrected chi connectivity index (χ1v) is 5.73. The quantitative estimate of drug-likeness (QED) is 0.608. The summed E-state index contributed by atoms with van der Waals surface area (Å²) in [4.78, 5) is 21.8.